The van der Waals surface area contributed by atoms with Gasteiger partial charge in [0.2, 0.25) is 5.91 Å². The predicted molar refractivity (Wildman–Crippen MR) is 151 cm³/mol. The van der Waals surface area contributed by atoms with Crippen LogP contribution in [-0.4, -0.2) is 33.1 Å². The summed E-state index contributed by atoms with van der Waals surface area (Å²) in [7, 11) is 4.64. The zero-order chi connectivity index (χ0) is 26.9. The molecule has 0 heterocycles. The molecule has 0 spiro atoms. The molecule has 0 fully saturated rings. The molecule has 1 unspecified atom stereocenters. The first kappa shape index (κ1) is 26.6. The molecule has 1 atom stereocenters. The number of para-hydroxylation sites is 2. The van der Waals surface area contributed by atoms with Crippen molar-refractivity contribution in [2.45, 2.75) is 10.1 Å². The summed E-state index contributed by atoms with van der Waals surface area (Å²) < 4.78 is 15.9. The SMILES string of the molecule is COc1ccccc1NC(=O)C(Sc1ccc(NC(=O)c2ccc(OC)c(OC)c2)cc1)c1ccccc1. The lowest BCUT2D eigenvalue weighted by atomic mass is 10.1. The van der Waals surface area contributed by atoms with Crippen LogP contribution in [0.25, 0.3) is 0 Å². The van der Waals surface area contributed by atoms with Gasteiger partial charge in [-0.1, -0.05) is 42.5 Å². The number of nitrogens with one attached hydrogen (secondary N) is 2. The molecule has 194 valence electrons. The summed E-state index contributed by atoms with van der Waals surface area (Å²) in [5, 5.41) is 5.38. The van der Waals surface area contributed by atoms with Gasteiger partial charge in [0.25, 0.3) is 5.91 Å². The van der Waals surface area contributed by atoms with Crippen LogP contribution < -0.4 is 24.8 Å². The van der Waals surface area contributed by atoms with Crippen molar-refractivity contribution >= 4 is 35.0 Å². The Morgan fingerprint density at radius 1 is 0.684 bits per heavy atom. The highest BCUT2D eigenvalue weighted by Crippen LogP contribution is 2.37. The number of anilines is 2. The Labute approximate surface area is 226 Å². The molecule has 0 aromatic heterocycles. The lowest BCUT2D eigenvalue weighted by Gasteiger charge is -2.18. The Morgan fingerprint density at radius 3 is 2.03 bits per heavy atom. The van der Waals surface area contributed by atoms with E-state index in [0.29, 0.717) is 34.2 Å². The molecule has 0 radical (unpaired) electrons. The number of hydrogen-bond acceptors (Lipinski definition) is 6. The number of rotatable bonds is 10. The van der Waals surface area contributed by atoms with E-state index in [4.69, 9.17) is 14.2 Å². The van der Waals surface area contributed by atoms with Crippen molar-refractivity contribution in [1.82, 2.24) is 0 Å². The van der Waals surface area contributed by atoms with E-state index < -0.39 is 5.25 Å². The van der Waals surface area contributed by atoms with Crippen LogP contribution in [0.3, 0.4) is 0 Å². The number of ether oxygens (including phenoxy) is 3. The molecule has 7 nitrogen and oxygen atoms in total. The molecule has 4 aromatic carbocycles. The first-order valence-corrected chi connectivity index (χ1v) is 12.7. The minimum Gasteiger partial charge on any atom is -0.495 e. The molecule has 4 aromatic rings. The smallest absolute Gasteiger partial charge is 0.255 e. The zero-order valence-corrected chi connectivity index (χ0v) is 22.1. The third-order valence-electron chi connectivity index (χ3n) is 5.72. The first-order valence-electron chi connectivity index (χ1n) is 11.8. The van der Waals surface area contributed by atoms with Crippen molar-refractivity contribution < 1.29 is 23.8 Å². The maximum absolute atomic E-state index is 13.4. The van der Waals surface area contributed by atoms with Crippen LogP contribution in [0.4, 0.5) is 11.4 Å². The van der Waals surface area contributed by atoms with Gasteiger partial charge in [-0.3, -0.25) is 9.59 Å². The summed E-state index contributed by atoms with van der Waals surface area (Å²) in [5.41, 5.74) is 2.55. The summed E-state index contributed by atoms with van der Waals surface area (Å²) in [6, 6.07) is 29.2. The summed E-state index contributed by atoms with van der Waals surface area (Å²) in [4.78, 5) is 27.0. The highest BCUT2D eigenvalue weighted by atomic mass is 32.2. The topological polar surface area (TPSA) is 85.9 Å². The summed E-state index contributed by atoms with van der Waals surface area (Å²) in [6.07, 6.45) is 0. The average molecular weight is 529 g/mol. The van der Waals surface area contributed by atoms with Crippen molar-refractivity contribution in [2.24, 2.45) is 0 Å². The fraction of sp³-hybridized carbons (Fsp3) is 0.133. The van der Waals surface area contributed by atoms with Crippen LogP contribution >= 0.6 is 11.8 Å². The van der Waals surface area contributed by atoms with Crippen LogP contribution in [0.1, 0.15) is 21.2 Å². The molecule has 2 N–H and O–H groups in total. The van der Waals surface area contributed by atoms with E-state index in [-0.39, 0.29) is 11.8 Å². The largest absolute Gasteiger partial charge is 0.495 e. The molecule has 0 aliphatic carbocycles. The zero-order valence-electron chi connectivity index (χ0n) is 21.3. The minimum atomic E-state index is -0.506. The molecule has 0 aliphatic rings. The van der Waals surface area contributed by atoms with Gasteiger partial charge in [0, 0.05) is 16.1 Å². The van der Waals surface area contributed by atoms with Gasteiger partial charge >= 0.3 is 0 Å². The van der Waals surface area contributed by atoms with Crippen LogP contribution in [0.5, 0.6) is 17.2 Å². The van der Waals surface area contributed by atoms with E-state index in [1.54, 1.807) is 56.7 Å². The maximum atomic E-state index is 13.4. The third-order valence-corrected chi connectivity index (χ3v) is 6.98. The van der Waals surface area contributed by atoms with Crippen LogP contribution in [-0.2, 0) is 4.79 Å². The second-order valence-corrected chi connectivity index (χ2v) is 9.32. The number of benzene rings is 4. The van der Waals surface area contributed by atoms with Crippen molar-refractivity contribution in [3.63, 3.8) is 0 Å². The highest BCUT2D eigenvalue weighted by Gasteiger charge is 2.23. The van der Waals surface area contributed by atoms with Crippen molar-refractivity contribution in [3.8, 4) is 17.2 Å². The molecule has 0 saturated carbocycles. The van der Waals surface area contributed by atoms with Gasteiger partial charge in [-0.15, -0.1) is 11.8 Å². The van der Waals surface area contributed by atoms with E-state index >= 15 is 0 Å². The molecule has 8 heteroatoms. The molecule has 2 amide bonds. The number of carbonyl (C=O) groups is 2. The van der Waals surface area contributed by atoms with Gasteiger partial charge in [0.1, 0.15) is 11.0 Å². The third kappa shape index (κ3) is 6.46. The predicted octanol–water partition coefficient (Wildman–Crippen LogP) is 6.44. The van der Waals surface area contributed by atoms with Gasteiger partial charge in [-0.05, 0) is 60.2 Å². The summed E-state index contributed by atoms with van der Waals surface area (Å²) >= 11 is 1.42. The Hall–Kier alpha value is -4.43. The Morgan fingerprint density at radius 2 is 1.34 bits per heavy atom. The van der Waals surface area contributed by atoms with Gasteiger partial charge < -0.3 is 24.8 Å². The number of thioether (sulfide) groups is 1. The van der Waals surface area contributed by atoms with Crippen LogP contribution in [0.15, 0.2) is 102 Å². The molecule has 0 saturated heterocycles. The van der Waals surface area contributed by atoms with Gasteiger partial charge in [-0.25, -0.2) is 0 Å². The van der Waals surface area contributed by atoms with E-state index in [2.05, 4.69) is 10.6 Å². The standard InChI is InChI=1S/C30H28N2O5S/c1-35-25-12-8-7-11-24(25)32-30(34)28(20-9-5-4-6-10-20)38-23-16-14-22(15-17-23)31-29(33)21-13-18-26(36-2)27(19-21)37-3/h4-19,28H,1-3H3,(H,31,33)(H,32,34). The fourth-order valence-corrected chi connectivity index (χ4v) is 4.81. The Balaban J connectivity index is 1.49. The Bertz CT molecular complexity index is 1390. The molecule has 4 rings (SSSR count). The summed E-state index contributed by atoms with van der Waals surface area (Å²) in [5.74, 6) is 1.17. The van der Waals surface area contributed by atoms with Crippen molar-refractivity contribution in [2.75, 3.05) is 32.0 Å². The lowest BCUT2D eigenvalue weighted by molar-refractivity contribution is -0.115. The lowest BCUT2D eigenvalue weighted by Crippen LogP contribution is -2.19. The van der Waals surface area contributed by atoms with E-state index in [1.807, 2.05) is 54.6 Å². The summed E-state index contributed by atoms with van der Waals surface area (Å²) in [6.45, 7) is 0. The van der Waals surface area contributed by atoms with E-state index in [1.165, 1.54) is 18.9 Å². The molecule has 0 aliphatic heterocycles. The minimum absolute atomic E-state index is 0.170. The van der Waals surface area contributed by atoms with Gasteiger partial charge in [0.15, 0.2) is 11.5 Å². The Kier molecular flexibility index (Phi) is 8.89. The fourth-order valence-electron chi connectivity index (χ4n) is 3.78. The maximum Gasteiger partial charge on any atom is 0.255 e. The second-order valence-electron chi connectivity index (χ2n) is 8.15. The quantitative estimate of drug-likeness (QED) is 0.231. The van der Waals surface area contributed by atoms with Crippen LogP contribution in [0, 0.1) is 0 Å². The monoisotopic (exact) mass is 528 g/mol. The average Bonchev–Trinajstić information content (AvgIpc) is 2.97. The number of carbonyl (C=O) groups excluding carboxylic acids is 2. The number of amides is 2. The second kappa shape index (κ2) is 12.7. The van der Waals surface area contributed by atoms with Crippen molar-refractivity contribution in [1.29, 1.82) is 0 Å². The molecule has 38 heavy (non-hydrogen) atoms. The normalized spacial score (nSPS) is 11.2. The number of hydrogen-bond donors (Lipinski definition) is 2. The van der Waals surface area contributed by atoms with E-state index in [0.717, 1.165) is 10.5 Å². The van der Waals surface area contributed by atoms with Crippen LogP contribution in [0.2, 0.25) is 0 Å². The van der Waals surface area contributed by atoms with Gasteiger partial charge in [-0.2, -0.15) is 0 Å². The molecule has 0 bridgehead atoms. The number of methoxy groups -OCH3 is 3. The molecular weight excluding hydrogens is 500 g/mol. The molecular formula is C30H28N2O5S. The van der Waals surface area contributed by atoms with Crippen molar-refractivity contribution in [3.05, 3.63) is 108 Å². The van der Waals surface area contributed by atoms with E-state index in [9.17, 15) is 9.59 Å². The highest BCUT2D eigenvalue weighted by molar-refractivity contribution is 8.00. The van der Waals surface area contributed by atoms with Gasteiger partial charge in [0.05, 0.1) is 27.0 Å². The first-order chi connectivity index (χ1) is 18.5.